The average Bonchev–Trinajstić information content (AvgIpc) is 2.31. The van der Waals surface area contributed by atoms with Gasteiger partial charge in [-0.1, -0.05) is 25.7 Å². The van der Waals surface area contributed by atoms with Gasteiger partial charge < -0.3 is 5.73 Å². The average molecular weight is 223 g/mol. The van der Waals surface area contributed by atoms with Gasteiger partial charge in [0, 0.05) is 0 Å². The van der Waals surface area contributed by atoms with Crippen molar-refractivity contribution >= 4 is 5.84 Å². The predicted molar refractivity (Wildman–Crippen MR) is 68.8 cm³/mol. The zero-order chi connectivity index (χ0) is 11.2. The van der Waals surface area contributed by atoms with Crippen molar-refractivity contribution in [1.29, 1.82) is 0 Å². The van der Waals surface area contributed by atoms with Crippen molar-refractivity contribution in [1.82, 2.24) is 4.90 Å². The van der Waals surface area contributed by atoms with Crippen molar-refractivity contribution in [2.75, 3.05) is 19.6 Å². The minimum atomic E-state index is 0.526. The van der Waals surface area contributed by atoms with Crippen LogP contribution in [-0.2, 0) is 0 Å². The van der Waals surface area contributed by atoms with E-state index in [0.717, 1.165) is 12.4 Å². The van der Waals surface area contributed by atoms with Gasteiger partial charge in [0.1, 0.15) is 5.84 Å². The molecule has 0 amide bonds. The summed E-state index contributed by atoms with van der Waals surface area (Å²) < 4.78 is 0. The second-order valence-electron chi connectivity index (χ2n) is 5.25. The molecule has 92 valence electrons. The molecule has 1 saturated heterocycles. The zero-order valence-corrected chi connectivity index (χ0v) is 10.3. The first-order valence-corrected chi connectivity index (χ1v) is 6.89. The van der Waals surface area contributed by atoms with Crippen LogP contribution in [0.1, 0.15) is 51.4 Å². The van der Waals surface area contributed by atoms with Crippen molar-refractivity contribution < 1.29 is 0 Å². The van der Waals surface area contributed by atoms with Crippen LogP contribution >= 0.6 is 0 Å². The largest absolute Gasteiger partial charge is 0.386 e. The van der Waals surface area contributed by atoms with Gasteiger partial charge in [-0.05, 0) is 38.8 Å². The van der Waals surface area contributed by atoms with E-state index in [0.29, 0.717) is 6.04 Å². The van der Waals surface area contributed by atoms with Gasteiger partial charge in [0.25, 0.3) is 0 Å². The highest BCUT2D eigenvalue weighted by Gasteiger charge is 2.14. The van der Waals surface area contributed by atoms with Crippen LogP contribution in [0.25, 0.3) is 0 Å². The molecule has 3 heteroatoms. The molecule has 16 heavy (non-hydrogen) atoms. The molecule has 0 aromatic rings. The first-order chi connectivity index (χ1) is 7.84. The molecular formula is C13H25N3. The predicted octanol–water partition coefficient (Wildman–Crippen LogP) is 2.16. The number of amidine groups is 1. The Bertz CT molecular complexity index is 225. The summed E-state index contributed by atoms with van der Waals surface area (Å²) in [4.78, 5) is 7.13. The summed E-state index contributed by atoms with van der Waals surface area (Å²) in [6, 6.07) is 0.526. The van der Waals surface area contributed by atoms with Gasteiger partial charge in [-0.15, -0.1) is 0 Å². The van der Waals surface area contributed by atoms with Crippen LogP contribution in [0, 0.1) is 0 Å². The number of likely N-dealkylation sites (tertiary alicyclic amines) is 1. The maximum Gasteiger partial charge on any atom is 0.108 e. The molecule has 2 aliphatic rings. The minimum absolute atomic E-state index is 0.526. The summed E-state index contributed by atoms with van der Waals surface area (Å²) in [6.45, 7) is 3.32. The Hall–Kier alpha value is -0.570. The highest BCUT2D eigenvalue weighted by Crippen LogP contribution is 2.20. The summed E-state index contributed by atoms with van der Waals surface area (Å²) in [6.07, 6.45) is 10.6. The molecule has 2 fully saturated rings. The summed E-state index contributed by atoms with van der Waals surface area (Å²) in [5.41, 5.74) is 6.04. The molecule has 3 nitrogen and oxygen atoms in total. The summed E-state index contributed by atoms with van der Waals surface area (Å²) >= 11 is 0. The Balaban J connectivity index is 1.76. The first kappa shape index (κ1) is 11.9. The third-order valence-electron chi connectivity index (χ3n) is 3.76. The van der Waals surface area contributed by atoms with E-state index in [9.17, 15) is 0 Å². The number of aliphatic imine (C=N–C) groups is 1. The van der Waals surface area contributed by atoms with Crippen molar-refractivity contribution in [3.05, 3.63) is 0 Å². The third-order valence-corrected chi connectivity index (χ3v) is 3.76. The molecule has 1 heterocycles. The van der Waals surface area contributed by atoms with Crippen molar-refractivity contribution in [3.8, 4) is 0 Å². The van der Waals surface area contributed by atoms with E-state index >= 15 is 0 Å². The van der Waals surface area contributed by atoms with Crippen LogP contribution in [0.5, 0.6) is 0 Å². The molecule has 0 aromatic heterocycles. The maximum atomic E-state index is 6.04. The van der Waals surface area contributed by atoms with Gasteiger partial charge in [0.2, 0.25) is 0 Å². The third kappa shape index (κ3) is 3.78. The number of piperidine rings is 1. The Kier molecular flexibility index (Phi) is 4.64. The van der Waals surface area contributed by atoms with E-state index in [1.807, 2.05) is 0 Å². The quantitative estimate of drug-likeness (QED) is 0.588. The van der Waals surface area contributed by atoms with Gasteiger partial charge >= 0.3 is 0 Å². The van der Waals surface area contributed by atoms with Crippen molar-refractivity contribution in [2.45, 2.75) is 57.4 Å². The van der Waals surface area contributed by atoms with E-state index in [1.54, 1.807) is 0 Å². The molecule has 1 aliphatic heterocycles. The van der Waals surface area contributed by atoms with Crippen molar-refractivity contribution in [3.63, 3.8) is 0 Å². The molecule has 0 unspecified atom stereocenters. The fraction of sp³-hybridized carbons (Fsp3) is 0.923. The first-order valence-electron chi connectivity index (χ1n) is 6.89. The van der Waals surface area contributed by atoms with Crippen LogP contribution in [0.4, 0.5) is 0 Å². The van der Waals surface area contributed by atoms with Gasteiger partial charge in [0.05, 0.1) is 12.6 Å². The number of nitrogens with two attached hydrogens (primary N) is 1. The summed E-state index contributed by atoms with van der Waals surface area (Å²) in [5, 5.41) is 0. The highest BCUT2D eigenvalue weighted by molar-refractivity contribution is 5.82. The monoisotopic (exact) mass is 223 g/mol. The minimum Gasteiger partial charge on any atom is -0.386 e. The smallest absolute Gasteiger partial charge is 0.108 e. The standard InChI is InChI=1S/C13H25N3/c14-13(11-16-9-5-2-6-10-16)15-12-7-3-1-4-8-12/h12H,1-11H2,(H2,14,15). The molecule has 1 saturated carbocycles. The van der Waals surface area contributed by atoms with E-state index < -0.39 is 0 Å². The molecule has 0 atom stereocenters. The number of hydrogen-bond acceptors (Lipinski definition) is 2. The molecular weight excluding hydrogens is 198 g/mol. The molecule has 0 spiro atoms. The highest BCUT2D eigenvalue weighted by atomic mass is 15.1. The normalized spacial score (nSPS) is 25.9. The number of hydrogen-bond donors (Lipinski definition) is 1. The zero-order valence-electron chi connectivity index (χ0n) is 10.3. The Morgan fingerprint density at radius 3 is 2.31 bits per heavy atom. The van der Waals surface area contributed by atoms with Crippen molar-refractivity contribution in [2.24, 2.45) is 10.7 Å². The molecule has 2 N–H and O–H groups in total. The van der Waals surface area contributed by atoms with Crippen LogP contribution in [0.3, 0.4) is 0 Å². The van der Waals surface area contributed by atoms with E-state index in [-0.39, 0.29) is 0 Å². The topological polar surface area (TPSA) is 41.6 Å². The second kappa shape index (κ2) is 6.24. The van der Waals surface area contributed by atoms with E-state index in [1.165, 1.54) is 64.5 Å². The maximum absolute atomic E-state index is 6.04. The van der Waals surface area contributed by atoms with Gasteiger partial charge in [-0.3, -0.25) is 9.89 Å². The fourth-order valence-electron chi connectivity index (χ4n) is 2.83. The Labute approximate surface area is 99.1 Å². The molecule has 0 aromatic carbocycles. The summed E-state index contributed by atoms with van der Waals surface area (Å²) in [5.74, 6) is 0.869. The van der Waals surface area contributed by atoms with Gasteiger partial charge in [0.15, 0.2) is 0 Å². The van der Waals surface area contributed by atoms with E-state index in [4.69, 9.17) is 5.73 Å². The second-order valence-corrected chi connectivity index (χ2v) is 5.25. The SMILES string of the molecule is NC(CN1CCCCC1)=NC1CCCCC1. The van der Waals surface area contributed by atoms with Gasteiger partial charge in [-0.25, -0.2) is 0 Å². The number of rotatable bonds is 3. The Morgan fingerprint density at radius 1 is 1.00 bits per heavy atom. The van der Waals surface area contributed by atoms with Crippen LogP contribution < -0.4 is 5.73 Å². The lowest BCUT2D eigenvalue weighted by molar-refractivity contribution is 0.257. The van der Waals surface area contributed by atoms with E-state index in [2.05, 4.69) is 9.89 Å². The molecule has 0 radical (unpaired) electrons. The molecule has 2 rings (SSSR count). The molecule has 0 bridgehead atoms. The summed E-state index contributed by atoms with van der Waals surface area (Å²) in [7, 11) is 0. The lowest BCUT2D eigenvalue weighted by Crippen LogP contribution is -2.38. The van der Waals surface area contributed by atoms with Crippen LogP contribution in [0.15, 0.2) is 4.99 Å². The van der Waals surface area contributed by atoms with Crippen LogP contribution in [0.2, 0.25) is 0 Å². The lowest BCUT2D eigenvalue weighted by Gasteiger charge is -2.26. The number of nitrogens with zero attached hydrogens (tertiary/aromatic N) is 2. The van der Waals surface area contributed by atoms with Crippen LogP contribution in [-0.4, -0.2) is 36.4 Å². The fourth-order valence-corrected chi connectivity index (χ4v) is 2.83. The Morgan fingerprint density at radius 2 is 1.62 bits per heavy atom. The lowest BCUT2D eigenvalue weighted by atomic mass is 9.96. The van der Waals surface area contributed by atoms with Gasteiger partial charge in [-0.2, -0.15) is 0 Å². The molecule has 1 aliphatic carbocycles.